The van der Waals surface area contributed by atoms with Crippen molar-refractivity contribution in [2.45, 2.75) is 38.6 Å². The Bertz CT molecular complexity index is 640. The molecule has 1 nitrogen and oxygen atoms in total. The molecule has 0 fully saturated rings. The molecule has 1 aliphatic heterocycles. The molecule has 0 radical (unpaired) electrons. The smallest absolute Gasteiger partial charge is 0.0555 e. The third-order valence-electron chi connectivity index (χ3n) is 3.98. The van der Waals surface area contributed by atoms with Gasteiger partial charge in [-0.05, 0) is 46.7 Å². The van der Waals surface area contributed by atoms with Gasteiger partial charge >= 0.3 is 0 Å². The summed E-state index contributed by atoms with van der Waals surface area (Å²) in [7, 11) is 0. The zero-order valence-corrected chi connectivity index (χ0v) is 13.8. The lowest BCUT2D eigenvalue weighted by atomic mass is 9.85. The van der Waals surface area contributed by atoms with Crippen molar-refractivity contribution in [3.63, 3.8) is 0 Å². The van der Waals surface area contributed by atoms with Gasteiger partial charge in [0, 0.05) is 10.2 Å². The van der Waals surface area contributed by atoms with Crippen LogP contribution in [-0.2, 0) is 11.8 Å². The molecule has 2 heteroatoms. The molecule has 1 N–H and O–H groups in total. The first-order chi connectivity index (χ1) is 9.43. The molecule has 0 aromatic heterocycles. The first kappa shape index (κ1) is 13.7. The average Bonchev–Trinajstić information content (AvgIpc) is 2.80. The van der Waals surface area contributed by atoms with Crippen LogP contribution >= 0.6 is 15.9 Å². The molecule has 1 aliphatic rings. The Labute approximate surface area is 129 Å². The molecule has 0 spiro atoms. The fourth-order valence-electron chi connectivity index (χ4n) is 2.75. The molecule has 2 aromatic carbocycles. The van der Waals surface area contributed by atoms with E-state index in [1.54, 1.807) is 0 Å². The Kier molecular flexibility index (Phi) is 3.37. The maximum absolute atomic E-state index is 3.64. The van der Waals surface area contributed by atoms with Gasteiger partial charge in [0.1, 0.15) is 0 Å². The van der Waals surface area contributed by atoms with E-state index >= 15 is 0 Å². The number of hydrogen-bond donors (Lipinski definition) is 1. The Hall–Kier alpha value is -1.28. The number of benzene rings is 2. The van der Waals surface area contributed by atoms with Gasteiger partial charge in [-0.15, -0.1) is 0 Å². The third kappa shape index (κ3) is 2.62. The Morgan fingerprint density at radius 1 is 1.10 bits per heavy atom. The Morgan fingerprint density at radius 3 is 2.60 bits per heavy atom. The van der Waals surface area contributed by atoms with Gasteiger partial charge in [-0.1, -0.05) is 61.0 Å². The second-order valence-corrected chi connectivity index (χ2v) is 7.49. The van der Waals surface area contributed by atoms with Crippen molar-refractivity contribution in [3.8, 4) is 0 Å². The molecule has 3 rings (SSSR count). The van der Waals surface area contributed by atoms with Crippen LogP contribution in [0.3, 0.4) is 0 Å². The predicted octanol–water partition coefficient (Wildman–Crippen LogP) is 5.46. The lowest BCUT2D eigenvalue weighted by molar-refractivity contribution is 0.589. The van der Waals surface area contributed by atoms with Crippen molar-refractivity contribution < 1.29 is 0 Å². The van der Waals surface area contributed by atoms with E-state index in [2.05, 4.69) is 84.5 Å². The summed E-state index contributed by atoms with van der Waals surface area (Å²) in [5.74, 6) is 0. The van der Waals surface area contributed by atoms with Crippen molar-refractivity contribution in [2.24, 2.45) is 0 Å². The quantitative estimate of drug-likeness (QED) is 0.732. The first-order valence-electron chi connectivity index (χ1n) is 7.09. The molecule has 1 unspecified atom stereocenters. The first-order valence-corrected chi connectivity index (χ1v) is 7.88. The van der Waals surface area contributed by atoms with Gasteiger partial charge in [0.05, 0.1) is 6.04 Å². The molecule has 0 aliphatic carbocycles. The topological polar surface area (TPSA) is 12.0 Å². The van der Waals surface area contributed by atoms with Crippen LogP contribution < -0.4 is 5.32 Å². The zero-order valence-electron chi connectivity index (χ0n) is 12.2. The van der Waals surface area contributed by atoms with Gasteiger partial charge in [0.15, 0.2) is 0 Å². The van der Waals surface area contributed by atoms with E-state index in [9.17, 15) is 0 Å². The van der Waals surface area contributed by atoms with Crippen LogP contribution in [0.2, 0.25) is 0 Å². The fourth-order valence-corrected chi connectivity index (χ4v) is 3.17. The lowest BCUT2D eigenvalue weighted by Gasteiger charge is -2.19. The van der Waals surface area contributed by atoms with E-state index in [1.165, 1.54) is 22.4 Å². The van der Waals surface area contributed by atoms with E-state index in [0.29, 0.717) is 6.04 Å². The second-order valence-electron chi connectivity index (χ2n) is 6.58. The summed E-state index contributed by atoms with van der Waals surface area (Å²) in [6.45, 7) is 6.80. The fraction of sp³-hybridized carbons (Fsp3) is 0.333. The van der Waals surface area contributed by atoms with E-state index in [1.807, 2.05) is 0 Å². The van der Waals surface area contributed by atoms with Gasteiger partial charge in [-0.3, -0.25) is 0 Å². The van der Waals surface area contributed by atoms with E-state index in [-0.39, 0.29) is 5.41 Å². The number of nitrogens with one attached hydrogen (secondary N) is 1. The van der Waals surface area contributed by atoms with E-state index in [4.69, 9.17) is 0 Å². The summed E-state index contributed by atoms with van der Waals surface area (Å²) in [5, 5.41) is 3.64. The van der Waals surface area contributed by atoms with E-state index < -0.39 is 0 Å². The average molecular weight is 330 g/mol. The van der Waals surface area contributed by atoms with Gasteiger partial charge in [0.2, 0.25) is 0 Å². The molecule has 1 atom stereocenters. The number of halogens is 1. The largest absolute Gasteiger partial charge is 0.378 e. The van der Waals surface area contributed by atoms with Gasteiger partial charge in [-0.25, -0.2) is 0 Å². The minimum atomic E-state index is 0.211. The summed E-state index contributed by atoms with van der Waals surface area (Å²) < 4.78 is 1.14. The predicted molar refractivity (Wildman–Crippen MR) is 89.4 cm³/mol. The summed E-state index contributed by atoms with van der Waals surface area (Å²) in [5.41, 5.74) is 5.68. The minimum Gasteiger partial charge on any atom is -0.378 e. The standard InChI is InChI=1S/C18H20BrN/c1-18(2,3)14-7-8-16-13(9-14)11-17(20-16)12-5-4-6-15(19)10-12/h4-10,17,20H,11H2,1-3H3. The summed E-state index contributed by atoms with van der Waals surface area (Å²) in [4.78, 5) is 0. The molecule has 1 heterocycles. The summed E-state index contributed by atoms with van der Waals surface area (Å²) >= 11 is 3.55. The van der Waals surface area contributed by atoms with Crippen LogP contribution in [0.1, 0.15) is 43.5 Å². The molecule has 0 saturated carbocycles. The van der Waals surface area contributed by atoms with Crippen molar-refractivity contribution in [1.29, 1.82) is 0 Å². The molecular weight excluding hydrogens is 310 g/mol. The number of anilines is 1. The highest BCUT2D eigenvalue weighted by Gasteiger charge is 2.24. The molecular formula is C18H20BrN. The van der Waals surface area contributed by atoms with Crippen LogP contribution in [0.5, 0.6) is 0 Å². The van der Waals surface area contributed by atoms with Crippen LogP contribution in [0.25, 0.3) is 0 Å². The zero-order chi connectivity index (χ0) is 14.3. The van der Waals surface area contributed by atoms with Gasteiger partial charge < -0.3 is 5.32 Å². The number of hydrogen-bond acceptors (Lipinski definition) is 1. The highest BCUT2D eigenvalue weighted by Crippen LogP contribution is 2.37. The van der Waals surface area contributed by atoms with Crippen molar-refractivity contribution in [1.82, 2.24) is 0 Å². The minimum absolute atomic E-state index is 0.211. The summed E-state index contributed by atoms with van der Waals surface area (Å²) in [6.07, 6.45) is 1.07. The molecule has 2 aromatic rings. The Balaban J connectivity index is 1.89. The van der Waals surface area contributed by atoms with Gasteiger partial charge in [-0.2, -0.15) is 0 Å². The second kappa shape index (κ2) is 4.92. The van der Waals surface area contributed by atoms with Crippen LogP contribution in [0, 0.1) is 0 Å². The van der Waals surface area contributed by atoms with Gasteiger partial charge in [0.25, 0.3) is 0 Å². The normalized spacial score (nSPS) is 17.7. The molecule has 0 saturated heterocycles. The van der Waals surface area contributed by atoms with Crippen molar-refractivity contribution >= 4 is 21.6 Å². The third-order valence-corrected chi connectivity index (χ3v) is 4.47. The van der Waals surface area contributed by atoms with Crippen molar-refractivity contribution in [2.75, 3.05) is 5.32 Å². The SMILES string of the molecule is CC(C)(C)c1ccc2c(c1)CC(c1cccc(Br)c1)N2. The maximum atomic E-state index is 3.64. The van der Waals surface area contributed by atoms with Crippen molar-refractivity contribution in [3.05, 3.63) is 63.6 Å². The molecule has 20 heavy (non-hydrogen) atoms. The molecule has 0 bridgehead atoms. The number of fused-ring (bicyclic) bond motifs is 1. The highest BCUT2D eigenvalue weighted by molar-refractivity contribution is 9.10. The lowest BCUT2D eigenvalue weighted by Crippen LogP contribution is -2.10. The Morgan fingerprint density at radius 2 is 1.90 bits per heavy atom. The summed E-state index contributed by atoms with van der Waals surface area (Å²) in [6, 6.07) is 15.8. The highest BCUT2D eigenvalue weighted by atomic mass is 79.9. The molecule has 104 valence electrons. The van der Waals surface area contributed by atoms with E-state index in [0.717, 1.165) is 10.9 Å². The van der Waals surface area contributed by atoms with Crippen LogP contribution in [0.15, 0.2) is 46.9 Å². The maximum Gasteiger partial charge on any atom is 0.0555 e. The van der Waals surface area contributed by atoms with Crippen LogP contribution in [-0.4, -0.2) is 0 Å². The number of rotatable bonds is 1. The van der Waals surface area contributed by atoms with Crippen LogP contribution in [0.4, 0.5) is 5.69 Å². The molecule has 0 amide bonds. The monoisotopic (exact) mass is 329 g/mol.